The van der Waals surface area contributed by atoms with Crippen molar-refractivity contribution < 1.29 is 14.0 Å². The van der Waals surface area contributed by atoms with Crippen LogP contribution in [0.1, 0.15) is 32.3 Å². The standard InChI is InChI=1S/C15H18ClFN2O2/c1-3-4-13-15(21)19(9(2)14(20)18-13)8-10-5-6-11(16)7-12(10)17/h5-7,9,13H,3-4,8H2,1-2H3,(H,18,20). The molecular weight excluding hydrogens is 295 g/mol. The van der Waals surface area contributed by atoms with Crippen molar-refractivity contribution in [2.45, 2.75) is 45.3 Å². The molecule has 1 aromatic rings. The number of rotatable bonds is 4. The Morgan fingerprint density at radius 2 is 2.10 bits per heavy atom. The van der Waals surface area contributed by atoms with Gasteiger partial charge in [0.15, 0.2) is 0 Å². The summed E-state index contributed by atoms with van der Waals surface area (Å²) in [5, 5.41) is 3.01. The Morgan fingerprint density at radius 3 is 2.71 bits per heavy atom. The van der Waals surface area contributed by atoms with E-state index in [1.807, 2.05) is 6.92 Å². The number of piperazine rings is 1. The van der Waals surface area contributed by atoms with Gasteiger partial charge in [-0.25, -0.2) is 4.39 Å². The molecule has 1 saturated heterocycles. The fourth-order valence-corrected chi connectivity index (χ4v) is 2.58. The van der Waals surface area contributed by atoms with Crippen LogP contribution in [0.25, 0.3) is 0 Å². The third-order valence-corrected chi connectivity index (χ3v) is 3.91. The van der Waals surface area contributed by atoms with Crippen LogP contribution in [0.2, 0.25) is 5.02 Å². The highest BCUT2D eigenvalue weighted by Gasteiger charge is 2.37. The van der Waals surface area contributed by atoms with E-state index in [0.29, 0.717) is 17.0 Å². The number of carbonyl (C=O) groups is 2. The molecule has 2 amide bonds. The second kappa shape index (κ2) is 6.43. The van der Waals surface area contributed by atoms with E-state index in [0.717, 1.165) is 6.42 Å². The van der Waals surface area contributed by atoms with Crippen molar-refractivity contribution >= 4 is 23.4 Å². The Hall–Kier alpha value is -1.62. The zero-order valence-electron chi connectivity index (χ0n) is 12.0. The molecule has 2 atom stereocenters. The Kier molecular flexibility index (Phi) is 4.83. The zero-order chi connectivity index (χ0) is 15.6. The molecule has 0 spiro atoms. The van der Waals surface area contributed by atoms with Crippen molar-refractivity contribution in [1.29, 1.82) is 0 Å². The largest absolute Gasteiger partial charge is 0.343 e. The van der Waals surface area contributed by atoms with E-state index in [4.69, 9.17) is 11.6 Å². The molecule has 1 heterocycles. The van der Waals surface area contributed by atoms with Crippen LogP contribution < -0.4 is 5.32 Å². The molecule has 1 fully saturated rings. The first-order valence-corrected chi connectivity index (χ1v) is 7.36. The van der Waals surface area contributed by atoms with Crippen LogP contribution in [0.4, 0.5) is 4.39 Å². The van der Waals surface area contributed by atoms with Crippen LogP contribution in [0.5, 0.6) is 0 Å². The molecule has 2 rings (SSSR count). The lowest BCUT2D eigenvalue weighted by molar-refractivity contribution is -0.149. The van der Waals surface area contributed by atoms with E-state index >= 15 is 0 Å². The Balaban J connectivity index is 2.22. The van der Waals surface area contributed by atoms with Gasteiger partial charge in [-0.05, 0) is 25.5 Å². The van der Waals surface area contributed by atoms with E-state index in [1.165, 1.54) is 11.0 Å². The van der Waals surface area contributed by atoms with Gasteiger partial charge in [0.25, 0.3) is 0 Å². The van der Waals surface area contributed by atoms with Crippen molar-refractivity contribution in [3.05, 3.63) is 34.6 Å². The SMILES string of the molecule is CCCC1NC(=O)C(C)N(Cc2ccc(Cl)cc2F)C1=O. The molecule has 6 heteroatoms. The topological polar surface area (TPSA) is 49.4 Å². The van der Waals surface area contributed by atoms with Crippen LogP contribution in [0, 0.1) is 5.82 Å². The summed E-state index contributed by atoms with van der Waals surface area (Å²) < 4.78 is 13.9. The van der Waals surface area contributed by atoms with Gasteiger partial charge in [-0.1, -0.05) is 31.0 Å². The summed E-state index contributed by atoms with van der Waals surface area (Å²) in [4.78, 5) is 25.8. The molecule has 1 aliphatic rings. The quantitative estimate of drug-likeness (QED) is 0.928. The number of amides is 2. The van der Waals surface area contributed by atoms with E-state index in [2.05, 4.69) is 5.32 Å². The van der Waals surface area contributed by atoms with Crippen LogP contribution in [-0.4, -0.2) is 28.8 Å². The summed E-state index contributed by atoms with van der Waals surface area (Å²) >= 11 is 5.72. The molecule has 1 aromatic carbocycles. The summed E-state index contributed by atoms with van der Waals surface area (Å²) in [7, 11) is 0. The van der Waals surface area contributed by atoms with Crippen molar-refractivity contribution in [2.75, 3.05) is 0 Å². The van der Waals surface area contributed by atoms with Gasteiger partial charge < -0.3 is 10.2 Å². The number of halogens is 2. The number of benzene rings is 1. The molecule has 114 valence electrons. The molecular formula is C15H18ClFN2O2. The van der Waals surface area contributed by atoms with Gasteiger partial charge >= 0.3 is 0 Å². The fourth-order valence-electron chi connectivity index (χ4n) is 2.42. The van der Waals surface area contributed by atoms with Gasteiger partial charge in [0.2, 0.25) is 11.8 Å². The maximum atomic E-state index is 13.9. The average molecular weight is 313 g/mol. The van der Waals surface area contributed by atoms with Gasteiger partial charge in [0.1, 0.15) is 17.9 Å². The summed E-state index contributed by atoms with van der Waals surface area (Å²) in [6, 6.07) is 3.19. The van der Waals surface area contributed by atoms with Crippen LogP contribution in [0.3, 0.4) is 0 Å². The summed E-state index contributed by atoms with van der Waals surface area (Å²) in [6.07, 6.45) is 1.37. The molecule has 21 heavy (non-hydrogen) atoms. The molecule has 0 bridgehead atoms. The van der Waals surface area contributed by atoms with Crippen molar-refractivity contribution in [3.8, 4) is 0 Å². The van der Waals surface area contributed by atoms with Gasteiger partial charge in [-0.2, -0.15) is 0 Å². The Bertz CT molecular complexity index is 565. The highest BCUT2D eigenvalue weighted by Crippen LogP contribution is 2.20. The number of nitrogens with zero attached hydrogens (tertiary/aromatic N) is 1. The van der Waals surface area contributed by atoms with Gasteiger partial charge in [-0.3, -0.25) is 9.59 Å². The Morgan fingerprint density at radius 1 is 1.38 bits per heavy atom. The molecule has 0 aromatic heterocycles. The van der Waals surface area contributed by atoms with Gasteiger partial charge in [-0.15, -0.1) is 0 Å². The minimum atomic E-state index is -0.610. The highest BCUT2D eigenvalue weighted by atomic mass is 35.5. The molecule has 2 unspecified atom stereocenters. The maximum Gasteiger partial charge on any atom is 0.246 e. The minimum Gasteiger partial charge on any atom is -0.343 e. The zero-order valence-corrected chi connectivity index (χ0v) is 12.8. The number of nitrogens with one attached hydrogen (secondary N) is 1. The monoisotopic (exact) mass is 312 g/mol. The van der Waals surface area contributed by atoms with Crippen LogP contribution in [-0.2, 0) is 16.1 Å². The molecule has 0 radical (unpaired) electrons. The van der Waals surface area contributed by atoms with E-state index in [1.54, 1.807) is 19.1 Å². The number of carbonyl (C=O) groups excluding carboxylic acids is 2. The molecule has 0 aliphatic carbocycles. The normalized spacial score (nSPS) is 22.4. The van der Waals surface area contributed by atoms with Crippen molar-refractivity contribution in [3.63, 3.8) is 0 Å². The van der Waals surface area contributed by atoms with Gasteiger partial charge in [0.05, 0.1) is 0 Å². The van der Waals surface area contributed by atoms with Crippen molar-refractivity contribution in [2.24, 2.45) is 0 Å². The van der Waals surface area contributed by atoms with Gasteiger partial charge in [0, 0.05) is 17.1 Å². The minimum absolute atomic E-state index is 0.0661. The first kappa shape index (κ1) is 15.8. The molecule has 1 N–H and O–H groups in total. The summed E-state index contributed by atoms with van der Waals surface area (Å²) in [5.41, 5.74) is 0.351. The van der Waals surface area contributed by atoms with Crippen LogP contribution >= 0.6 is 11.6 Å². The summed E-state index contributed by atoms with van der Waals surface area (Å²) in [6.45, 7) is 3.65. The smallest absolute Gasteiger partial charge is 0.246 e. The molecule has 4 nitrogen and oxygen atoms in total. The van der Waals surface area contributed by atoms with Crippen molar-refractivity contribution in [1.82, 2.24) is 10.2 Å². The number of hydrogen-bond acceptors (Lipinski definition) is 2. The lowest BCUT2D eigenvalue weighted by Crippen LogP contribution is -2.61. The fraction of sp³-hybridized carbons (Fsp3) is 0.467. The third-order valence-electron chi connectivity index (χ3n) is 3.68. The lowest BCUT2D eigenvalue weighted by atomic mass is 10.0. The van der Waals surface area contributed by atoms with E-state index < -0.39 is 17.9 Å². The second-order valence-corrected chi connectivity index (χ2v) is 5.66. The predicted octanol–water partition coefficient (Wildman–Crippen LogP) is 2.49. The molecule has 0 saturated carbocycles. The van der Waals surface area contributed by atoms with E-state index in [9.17, 15) is 14.0 Å². The summed E-state index contributed by atoms with van der Waals surface area (Å²) in [5.74, 6) is -0.846. The number of hydrogen-bond donors (Lipinski definition) is 1. The lowest BCUT2D eigenvalue weighted by Gasteiger charge is -2.37. The maximum absolute atomic E-state index is 13.9. The van der Waals surface area contributed by atoms with E-state index in [-0.39, 0.29) is 18.4 Å². The second-order valence-electron chi connectivity index (χ2n) is 5.23. The Labute approximate surface area is 128 Å². The first-order chi connectivity index (χ1) is 9.93. The predicted molar refractivity (Wildman–Crippen MR) is 78.3 cm³/mol. The average Bonchev–Trinajstić information content (AvgIpc) is 2.43. The first-order valence-electron chi connectivity index (χ1n) is 6.98. The highest BCUT2D eigenvalue weighted by molar-refractivity contribution is 6.30. The van der Waals surface area contributed by atoms with Crippen LogP contribution in [0.15, 0.2) is 18.2 Å². The molecule has 1 aliphatic heterocycles. The third kappa shape index (κ3) is 3.35.